The minimum absolute atomic E-state index is 0.0503. The molecule has 1 aromatic rings. The van der Waals surface area contributed by atoms with Crippen LogP contribution in [0.4, 0.5) is 9.18 Å². The second kappa shape index (κ2) is 11.2. The average Bonchev–Trinajstić information content (AvgIpc) is 2.78. The van der Waals surface area contributed by atoms with E-state index in [9.17, 15) is 14.0 Å². The molecule has 1 atom stereocenters. The first-order valence-electron chi connectivity index (χ1n) is 10.9. The van der Waals surface area contributed by atoms with Gasteiger partial charge >= 0.3 is 6.03 Å². The van der Waals surface area contributed by atoms with Crippen LogP contribution < -0.4 is 16.0 Å². The molecule has 2 aliphatic rings. The van der Waals surface area contributed by atoms with Gasteiger partial charge in [0.2, 0.25) is 0 Å². The number of carbonyl (C=O) groups is 2. The predicted molar refractivity (Wildman–Crippen MR) is 123 cm³/mol. The minimum atomic E-state index is -0.574. The maximum atomic E-state index is 14.7. The number of hydrogen-bond donors (Lipinski definition) is 3. The average molecular weight is 441 g/mol. The molecule has 1 unspecified atom stereocenters. The largest absolute Gasteiger partial charge is 0.361 e. The predicted octanol–water partition coefficient (Wildman–Crippen LogP) is 2.87. The van der Waals surface area contributed by atoms with Crippen LogP contribution in [0, 0.1) is 5.82 Å². The van der Waals surface area contributed by atoms with E-state index < -0.39 is 17.9 Å². The summed E-state index contributed by atoms with van der Waals surface area (Å²) in [5.41, 5.74) is 2.22. The van der Waals surface area contributed by atoms with Gasteiger partial charge in [-0.05, 0) is 55.2 Å². The Morgan fingerprint density at radius 1 is 1.28 bits per heavy atom. The third-order valence-corrected chi connectivity index (χ3v) is 5.11. The number of nitrogens with zero attached hydrogens (tertiary/aromatic N) is 3. The molecule has 3 rings (SSSR count). The summed E-state index contributed by atoms with van der Waals surface area (Å²) in [6.45, 7) is 5.30. The van der Waals surface area contributed by atoms with Crippen molar-refractivity contribution in [3.63, 3.8) is 0 Å². The standard InChI is InChI=1S/C23H29FN6O2/c1-3-5-10-26-27-14-18-7-6-8-21(28-18)29-22(31)19-12-17-15-30(23(32)25-4-2)11-9-16(17)13-20(19)24/h6-8,10,12-14,21,28H,3-5,9,11,15H2,1-2H3,(H,25,32)(H,29,31)/b26-10+,27-14+. The smallest absolute Gasteiger partial charge is 0.317 e. The fraction of sp³-hybridized carbons (Fsp3) is 0.391. The molecule has 3 amide bonds. The Morgan fingerprint density at radius 3 is 2.91 bits per heavy atom. The van der Waals surface area contributed by atoms with Crippen molar-refractivity contribution in [2.24, 2.45) is 10.2 Å². The lowest BCUT2D eigenvalue weighted by atomic mass is 9.96. The number of dihydropyridines is 1. The zero-order valence-electron chi connectivity index (χ0n) is 18.4. The van der Waals surface area contributed by atoms with E-state index in [4.69, 9.17) is 0 Å². The lowest BCUT2D eigenvalue weighted by molar-refractivity contribution is 0.0936. The van der Waals surface area contributed by atoms with Crippen molar-refractivity contribution in [1.29, 1.82) is 0 Å². The van der Waals surface area contributed by atoms with Crippen molar-refractivity contribution >= 4 is 24.4 Å². The van der Waals surface area contributed by atoms with Crippen LogP contribution >= 0.6 is 0 Å². The summed E-state index contributed by atoms with van der Waals surface area (Å²) in [6.07, 6.45) is 10.5. The van der Waals surface area contributed by atoms with Crippen molar-refractivity contribution < 1.29 is 14.0 Å². The molecule has 170 valence electrons. The molecule has 2 aliphatic heterocycles. The van der Waals surface area contributed by atoms with Crippen LogP contribution in [-0.4, -0.2) is 48.5 Å². The Labute approximate surface area is 187 Å². The van der Waals surface area contributed by atoms with E-state index >= 15 is 0 Å². The van der Waals surface area contributed by atoms with E-state index in [1.807, 2.05) is 6.92 Å². The Bertz CT molecular complexity index is 969. The van der Waals surface area contributed by atoms with Crippen LogP contribution in [0.15, 0.2) is 46.3 Å². The van der Waals surface area contributed by atoms with E-state index in [1.54, 1.807) is 41.6 Å². The Morgan fingerprint density at radius 2 is 2.12 bits per heavy atom. The van der Waals surface area contributed by atoms with Crippen LogP contribution in [-0.2, 0) is 13.0 Å². The number of benzene rings is 1. The van der Waals surface area contributed by atoms with Gasteiger partial charge in [0.25, 0.3) is 5.91 Å². The molecule has 0 bridgehead atoms. The first-order valence-corrected chi connectivity index (χ1v) is 10.9. The van der Waals surface area contributed by atoms with Gasteiger partial charge in [-0.25, -0.2) is 9.18 Å². The number of carbonyl (C=O) groups excluding carboxylic acids is 2. The van der Waals surface area contributed by atoms with Gasteiger partial charge in [-0.2, -0.15) is 10.2 Å². The minimum Gasteiger partial charge on any atom is -0.361 e. The summed E-state index contributed by atoms with van der Waals surface area (Å²) in [7, 11) is 0. The van der Waals surface area contributed by atoms with Gasteiger partial charge in [0.1, 0.15) is 12.0 Å². The molecule has 2 heterocycles. The summed E-state index contributed by atoms with van der Waals surface area (Å²) in [5, 5.41) is 16.5. The van der Waals surface area contributed by atoms with Crippen molar-refractivity contribution in [2.75, 3.05) is 13.1 Å². The summed E-state index contributed by atoms with van der Waals surface area (Å²) < 4.78 is 14.7. The molecule has 0 fully saturated rings. The van der Waals surface area contributed by atoms with E-state index in [-0.39, 0.29) is 11.6 Å². The number of nitrogens with one attached hydrogen (secondary N) is 3. The quantitative estimate of drug-likeness (QED) is 0.449. The van der Waals surface area contributed by atoms with E-state index in [0.29, 0.717) is 31.8 Å². The van der Waals surface area contributed by atoms with Crippen molar-refractivity contribution in [3.05, 3.63) is 58.6 Å². The van der Waals surface area contributed by atoms with Gasteiger partial charge in [-0.1, -0.05) is 19.4 Å². The van der Waals surface area contributed by atoms with Gasteiger partial charge in [-0.15, -0.1) is 0 Å². The van der Waals surface area contributed by atoms with Gasteiger partial charge in [0, 0.05) is 25.8 Å². The highest BCUT2D eigenvalue weighted by Gasteiger charge is 2.24. The first-order chi connectivity index (χ1) is 15.5. The summed E-state index contributed by atoms with van der Waals surface area (Å²) >= 11 is 0. The summed E-state index contributed by atoms with van der Waals surface area (Å²) in [5.74, 6) is -1.11. The Balaban J connectivity index is 1.64. The number of allylic oxidation sites excluding steroid dienone is 3. The van der Waals surface area contributed by atoms with Gasteiger partial charge in [0.05, 0.1) is 17.5 Å². The first kappa shape index (κ1) is 23.2. The lowest BCUT2D eigenvalue weighted by Gasteiger charge is -2.29. The fourth-order valence-electron chi connectivity index (χ4n) is 3.45. The number of amides is 3. The number of unbranched alkanes of at least 4 members (excludes halogenated alkanes) is 1. The van der Waals surface area contributed by atoms with Crippen LogP contribution in [0.3, 0.4) is 0 Å². The number of fused-ring (bicyclic) bond motifs is 1. The van der Waals surface area contributed by atoms with Gasteiger partial charge in [-0.3, -0.25) is 4.79 Å². The third kappa shape index (κ3) is 6.03. The molecule has 9 heteroatoms. The second-order valence-corrected chi connectivity index (χ2v) is 7.54. The maximum absolute atomic E-state index is 14.7. The number of halogens is 1. The Kier molecular flexibility index (Phi) is 8.13. The molecular formula is C23H29FN6O2. The zero-order valence-corrected chi connectivity index (χ0v) is 18.4. The second-order valence-electron chi connectivity index (χ2n) is 7.54. The Hall–Kier alpha value is -3.49. The molecule has 8 nitrogen and oxygen atoms in total. The molecule has 3 N–H and O–H groups in total. The molecule has 0 radical (unpaired) electrons. The summed E-state index contributed by atoms with van der Waals surface area (Å²) in [6, 6.07) is 2.78. The van der Waals surface area contributed by atoms with Crippen LogP contribution in [0.2, 0.25) is 0 Å². The SMILES string of the molecule is CCC/C=N/N=C/C1=CC=CC(NC(=O)c2cc3c(cc2F)CCN(C(=O)NCC)C3)N1. The molecule has 0 saturated carbocycles. The molecule has 0 saturated heterocycles. The van der Waals surface area contributed by atoms with Crippen molar-refractivity contribution in [3.8, 4) is 0 Å². The zero-order chi connectivity index (χ0) is 22.9. The highest BCUT2D eigenvalue weighted by molar-refractivity contribution is 5.95. The summed E-state index contributed by atoms with van der Waals surface area (Å²) in [4.78, 5) is 26.6. The lowest BCUT2D eigenvalue weighted by Crippen LogP contribution is -2.45. The molecule has 32 heavy (non-hydrogen) atoms. The molecule has 0 spiro atoms. The monoisotopic (exact) mass is 440 g/mol. The molecular weight excluding hydrogens is 411 g/mol. The highest BCUT2D eigenvalue weighted by Crippen LogP contribution is 2.23. The van der Waals surface area contributed by atoms with E-state index in [0.717, 1.165) is 24.0 Å². The van der Waals surface area contributed by atoms with E-state index in [2.05, 4.69) is 33.1 Å². The van der Waals surface area contributed by atoms with E-state index in [1.165, 1.54) is 6.07 Å². The fourth-order valence-corrected chi connectivity index (χ4v) is 3.45. The highest BCUT2D eigenvalue weighted by atomic mass is 19.1. The topological polar surface area (TPSA) is 98.2 Å². The van der Waals surface area contributed by atoms with Crippen LogP contribution in [0.5, 0.6) is 0 Å². The third-order valence-electron chi connectivity index (χ3n) is 5.11. The van der Waals surface area contributed by atoms with Crippen molar-refractivity contribution in [2.45, 2.75) is 45.8 Å². The van der Waals surface area contributed by atoms with Crippen LogP contribution in [0.25, 0.3) is 0 Å². The normalized spacial score (nSPS) is 17.8. The number of rotatable bonds is 7. The number of urea groups is 1. The van der Waals surface area contributed by atoms with Gasteiger partial charge in [0.15, 0.2) is 0 Å². The van der Waals surface area contributed by atoms with Crippen molar-refractivity contribution in [1.82, 2.24) is 20.9 Å². The number of hydrogen-bond acceptors (Lipinski definition) is 5. The molecule has 1 aromatic carbocycles. The van der Waals surface area contributed by atoms with Gasteiger partial charge < -0.3 is 20.9 Å². The molecule has 0 aromatic heterocycles. The maximum Gasteiger partial charge on any atom is 0.317 e. The molecule has 0 aliphatic carbocycles. The van der Waals surface area contributed by atoms with Crippen LogP contribution in [0.1, 0.15) is 48.2 Å².